The molecule has 2 heterocycles. The van der Waals surface area contributed by atoms with E-state index in [1.807, 2.05) is 12.1 Å². The van der Waals surface area contributed by atoms with Gasteiger partial charge in [-0.3, -0.25) is 4.79 Å². The first-order chi connectivity index (χ1) is 16.1. The van der Waals surface area contributed by atoms with Crippen molar-refractivity contribution in [2.24, 2.45) is 0 Å². The van der Waals surface area contributed by atoms with E-state index in [9.17, 15) is 4.79 Å². The van der Waals surface area contributed by atoms with Gasteiger partial charge < -0.3 is 24.4 Å². The van der Waals surface area contributed by atoms with Crippen molar-refractivity contribution in [3.05, 3.63) is 71.9 Å². The van der Waals surface area contributed by atoms with E-state index in [1.54, 1.807) is 57.9 Å². The van der Waals surface area contributed by atoms with Crippen molar-refractivity contribution in [1.82, 2.24) is 4.98 Å². The average Bonchev–Trinajstić information content (AvgIpc) is 2.89. The number of carbonyl (C=O) groups is 1. The highest BCUT2D eigenvalue weighted by Gasteiger charge is 2.26. The number of nitrogens with zero attached hydrogens (tertiary/aromatic N) is 2. The summed E-state index contributed by atoms with van der Waals surface area (Å²) in [6, 6.07) is 17.1. The van der Waals surface area contributed by atoms with Gasteiger partial charge in [0.25, 0.3) is 5.91 Å². The Kier molecular flexibility index (Phi) is 6.98. The summed E-state index contributed by atoms with van der Waals surface area (Å²) in [6.07, 6.45) is 3.65. The molecule has 1 amide bonds. The number of hydrogen-bond acceptors (Lipinski definition) is 6. The molecule has 1 N–H and O–H groups in total. The van der Waals surface area contributed by atoms with Gasteiger partial charge in [0, 0.05) is 25.4 Å². The molecular weight excluding hydrogens is 418 g/mol. The number of benzene rings is 2. The van der Waals surface area contributed by atoms with E-state index in [2.05, 4.69) is 27.3 Å². The first-order valence-electron chi connectivity index (χ1n) is 11.0. The Hall–Kier alpha value is -3.74. The summed E-state index contributed by atoms with van der Waals surface area (Å²) in [5.74, 6) is 3.01. The maximum absolute atomic E-state index is 13.2. The van der Waals surface area contributed by atoms with Crippen molar-refractivity contribution < 1.29 is 19.0 Å². The summed E-state index contributed by atoms with van der Waals surface area (Å²) in [5, 5.41) is 2.96. The monoisotopic (exact) mass is 447 g/mol. The number of carbonyl (C=O) groups excluding carboxylic acids is 1. The number of anilines is 2. The van der Waals surface area contributed by atoms with Crippen molar-refractivity contribution >= 4 is 17.4 Å². The molecule has 33 heavy (non-hydrogen) atoms. The Balaban J connectivity index is 1.50. The van der Waals surface area contributed by atoms with E-state index >= 15 is 0 Å². The third kappa shape index (κ3) is 4.87. The molecule has 172 valence electrons. The summed E-state index contributed by atoms with van der Waals surface area (Å²) in [6.45, 7) is 1.62. The minimum atomic E-state index is -0.228. The molecule has 0 spiro atoms. The van der Waals surface area contributed by atoms with Crippen LogP contribution in [0.1, 0.15) is 34.7 Å². The van der Waals surface area contributed by atoms with Crippen LogP contribution in [0.15, 0.2) is 60.8 Å². The minimum Gasteiger partial charge on any atom is -0.497 e. The normalized spacial score (nSPS) is 14.0. The number of nitrogens with one attached hydrogen (secondary N) is 1. The summed E-state index contributed by atoms with van der Waals surface area (Å²) in [4.78, 5) is 19.9. The van der Waals surface area contributed by atoms with E-state index in [0.717, 1.165) is 31.7 Å². The molecule has 1 aliphatic heterocycles. The van der Waals surface area contributed by atoms with Gasteiger partial charge in [-0.05, 0) is 54.7 Å². The van der Waals surface area contributed by atoms with Gasteiger partial charge in [-0.1, -0.05) is 18.2 Å². The Morgan fingerprint density at radius 3 is 2.42 bits per heavy atom. The number of piperidine rings is 1. The van der Waals surface area contributed by atoms with Gasteiger partial charge in [0.1, 0.15) is 23.1 Å². The lowest BCUT2D eigenvalue weighted by molar-refractivity contribution is 0.102. The third-order valence-electron chi connectivity index (χ3n) is 6.06. The van der Waals surface area contributed by atoms with Crippen LogP contribution >= 0.6 is 0 Å². The fraction of sp³-hybridized carbons (Fsp3) is 0.308. The molecule has 0 aliphatic carbocycles. The molecule has 1 fully saturated rings. The van der Waals surface area contributed by atoms with Crippen LogP contribution in [0.25, 0.3) is 0 Å². The van der Waals surface area contributed by atoms with Gasteiger partial charge in [-0.15, -0.1) is 0 Å². The predicted molar refractivity (Wildman–Crippen MR) is 129 cm³/mol. The zero-order chi connectivity index (χ0) is 23.2. The van der Waals surface area contributed by atoms with Gasteiger partial charge in [0.15, 0.2) is 0 Å². The van der Waals surface area contributed by atoms with Crippen LogP contribution in [0.4, 0.5) is 11.5 Å². The zero-order valence-electron chi connectivity index (χ0n) is 19.2. The number of hydrogen-bond donors (Lipinski definition) is 1. The van der Waals surface area contributed by atoms with Crippen molar-refractivity contribution in [2.45, 2.75) is 18.8 Å². The topological polar surface area (TPSA) is 72.9 Å². The molecule has 2 aromatic carbocycles. The van der Waals surface area contributed by atoms with E-state index in [1.165, 1.54) is 5.56 Å². The third-order valence-corrected chi connectivity index (χ3v) is 6.06. The maximum atomic E-state index is 13.2. The number of amides is 1. The number of methoxy groups -OCH3 is 3. The lowest BCUT2D eigenvalue weighted by Gasteiger charge is -2.34. The minimum absolute atomic E-state index is 0.228. The number of aromatic nitrogens is 1. The summed E-state index contributed by atoms with van der Waals surface area (Å²) in [7, 11) is 4.86. The number of para-hydroxylation sites is 1. The molecule has 0 radical (unpaired) electrons. The first kappa shape index (κ1) is 22.5. The average molecular weight is 448 g/mol. The highest BCUT2D eigenvalue weighted by molar-refractivity contribution is 6.08. The second-order valence-electron chi connectivity index (χ2n) is 7.90. The molecule has 3 aromatic rings. The fourth-order valence-electron chi connectivity index (χ4n) is 4.32. The van der Waals surface area contributed by atoms with Crippen LogP contribution in [0.2, 0.25) is 0 Å². The molecule has 1 aromatic heterocycles. The predicted octanol–water partition coefficient (Wildman–Crippen LogP) is 4.74. The lowest BCUT2D eigenvalue weighted by atomic mass is 9.88. The van der Waals surface area contributed by atoms with E-state index in [-0.39, 0.29) is 5.91 Å². The summed E-state index contributed by atoms with van der Waals surface area (Å²) >= 11 is 0. The SMILES string of the molecule is COc1ccc(NC(=O)c2cccnc2N2CCC(c3ccccc3OC)CC2)c(OC)c1. The zero-order valence-corrected chi connectivity index (χ0v) is 19.2. The molecule has 0 atom stereocenters. The van der Waals surface area contributed by atoms with Gasteiger partial charge in [-0.2, -0.15) is 0 Å². The first-order valence-corrected chi connectivity index (χ1v) is 11.0. The van der Waals surface area contributed by atoms with Crippen molar-refractivity contribution in [1.29, 1.82) is 0 Å². The molecule has 0 bridgehead atoms. The number of rotatable bonds is 7. The van der Waals surface area contributed by atoms with Crippen LogP contribution in [0, 0.1) is 0 Å². The van der Waals surface area contributed by atoms with Crippen LogP contribution in [0.3, 0.4) is 0 Å². The van der Waals surface area contributed by atoms with Crippen molar-refractivity contribution in [3.8, 4) is 17.2 Å². The molecule has 4 rings (SSSR count). The number of ether oxygens (including phenoxy) is 3. The lowest BCUT2D eigenvalue weighted by Crippen LogP contribution is -2.35. The molecule has 1 aliphatic rings. The second kappa shape index (κ2) is 10.3. The molecule has 7 heteroatoms. The molecule has 1 saturated heterocycles. The van der Waals surface area contributed by atoms with Gasteiger partial charge in [0.05, 0.1) is 32.6 Å². The standard InChI is InChI=1S/C26H29N3O4/c1-31-19-10-11-22(24(17-19)33-3)28-26(30)21-8-6-14-27-25(21)29-15-12-18(13-16-29)20-7-4-5-9-23(20)32-2/h4-11,14,17-18H,12-13,15-16H2,1-3H3,(H,28,30). The quantitative estimate of drug-likeness (QED) is 0.564. The summed E-state index contributed by atoms with van der Waals surface area (Å²) < 4.78 is 16.2. The largest absolute Gasteiger partial charge is 0.497 e. The van der Waals surface area contributed by atoms with Crippen LogP contribution in [-0.4, -0.2) is 45.3 Å². The maximum Gasteiger partial charge on any atom is 0.259 e. The molecular formula is C26H29N3O4. The molecule has 7 nitrogen and oxygen atoms in total. The highest BCUT2D eigenvalue weighted by atomic mass is 16.5. The Labute approximate surface area is 194 Å². The van der Waals surface area contributed by atoms with Crippen LogP contribution < -0.4 is 24.4 Å². The van der Waals surface area contributed by atoms with Gasteiger partial charge >= 0.3 is 0 Å². The smallest absolute Gasteiger partial charge is 0.259 e. The van der Waals surface area contributed by atoms with Crippen molar-refractivity contribution in [3.63, 3.8) is 0 Å². The summed E-state index contributed by atoms with van der Waals surface area (Å²) in [5.41, 5.74) is 2.35. The molecule has 0 unspecified atom stereocenters. The van der Waals surface area contributed by atoms with E-state index in [0.29, 0.717) is 34.5 Å². The van der Waals surface area contributed by atoms with Crippen LogP contribution in [-0.2, 0) is 0 Å². The Bertz CT molecular complexity index is 1110. The van der Waals surface area contributed by atoms with Gasteiger partial charge in [-0.25, -0.2) is 4.98 Å². The van der Waals surface area contributed by atoms with Gasteiger partial charge in [0.2, 0.25) is 0 Å². The van der Waals surface area contributed by atoms with Crippen LogP contribution in [0.5, 0.6) is 17.2 Å². The van der Waals surface area contributed by atoms with Crippen molar-refractivity contribution in [2.75, 3.05) is 44.6 Å². The Morgan fingerprint density at radius 1 is 0.939 bits per heavy atom. The van der Waals surface area contributed by atoms with E-state index < -0.39 is 0 Å². The fourth-order valence-corrected chi connectivity index (χ4v) is 4.32. The number of pyridine rings is 1. The Morgan fingerprint density at radius 2 is 1.70 bits per heavy atom. The molecule has 0 saturated carbocycles. The highest BCUT2D eigenvalue weighted by Crippen LogP contribution is 2.36. The van der Waals surface area contributed by atoms with E-state index in [4.69, 9.17) is 14.2 Å². The second-order valence-corrected chi connectivity index (χ2v) is 7.90.